The Bertz CT molecular complexity index is 135. The fourth-order valence-corrected chi connectivity index (χ4v) is 1.69. The molecule has 0 aromatic rings. The van der Waals surface area contributed by atoms with Crippen LogP contribution in [-0.2, 0) is 0 Å². The topological polar surface area (TPSA) is 0 Å². The van der Waals surface area contributed by atoms with Gasteiger partial charge in [-0.2, -0.15) is 0 Å². The molecule has 0 aromatic heterocycles. The summed E-state index contributed by atoms with van der Waals surface area (Å²) >= 11 is 0. The van der Waals surface area contributed by atoms with Gasteiger partial charge < -0.3 is 0 Å². The summed E-state index contributed by atoms with van der Waals surface area (Å²) in [4.78, 5) is 0. The molecule has 0 radical (unpaired) electrons. The summed E-state index contributed by atoms with van der Waals surface area (Å²) < 4.78 is 0. The van der Waals surface area contributed by atoms with E-state index in [1.54, 1.807) is 0 Å². The molecule has 2 aliphatic rings. The van der Waals surface area contributed by atoms with E-state index < -0.39 is 0 Å². The van der Waals surface area contributed by atoms with E-state index in [0.717, 1.165) is 11.8 Å². The van der Waals surface area contributed by atoms with Crippen molar-refractivity contribution in [1.29, 1.82) is 0 Å². The second-order valence-corrected chi connectivity index (χ2v) is 2.82. The van der Waals surface area contributed by atoms with Gasteiger partial charge in [0, 0.05) is 5.92 Å². The molecule has 1 fully saturated rings. The van der Waals surface area contributed by atoms with Gasteiger partial charge in [-0.3, -0.25) is 0 Å². The maximum absolute atomic E-state index is 2.42. The zero-order chi connectivity index (χ0) is 6.10. The van der Waals surface area contributed by atoms with Crippen molar-refractivity contribution in [1.82, 2.24) is 0 Å². The lowest BCUT2D eigenvalue weighted by Gasteiger charge is -2.06. The molecule has 46 valence electrons. The molecule has 0 aromatic carbocycles. The van der Waals surface area contributed by atoms with Crippen LogP contribution in [0.15, 0.2) is 24.3 Å². The zero-order valence-electron chi connectivity index (χ0n) is 5.46. The normalized spacial score (nSPS) is 38.2. The maximum atomic E-state index is 2.42. The first-order valence-electron chi connectivity index (χ1n) is 3.65. The summed E-state index contributed by atoms with van der Waals surface area (Å²) in [6.45, 7) is 0. The predicted octanol–water partition coefficient (Wildman–Crippen LogP) is 2.34. The summed E-state index contributed by atoms with van der Waals surface area (Å²) in [6.07, 6.45) is 14.1. The van der Waals surface area contributed by atoms with Crippen molar-refractivity contribution in [3.8, 4) is 0 Å². The van der Waals surface area contributed by atoms with Gasteiger partial charge in [0.15, 0.2) is 0 Å². The van der Waals surface area contributed by atoms with E-state index in [9.17, 15) is 0 Å². The number of allylic oxidation sites excluding steroid dienone is 4. The average Bonchev–Trinajstić information content (AvgIpc) is 2.33. The smallest absolute Gasteiger partial charge is 0.0764 e. The summed E-state index contributed by atoms with van der Waals surface area (Å²) in [5.74, 6) is 1.62. The lowest BCUT2D eigenvalue weighted by atomic mass is 9.92. The summed E-state index contributed by atoms with van der Waals surface area (Å²) in [6, 6.07) is 0. The van der Waals surface area contributed by atoms with Crippen LogP contribution in [0.3, 0.4) is 0 Å². The minimum atomic E-state index is 0.773. The Morgan fingerprint density at radius 3 is 3.00 bits per heavy atom. The fourth-order valence-electron chi connectivity index (χ4n) is 1.69. The number of hydrogen-bond acceptors (Lipinski definition) is 0. The summed E-state index contributed by atoms with van der Waals surface area (Å²) in [7, 11) is 0. The third-order valence-electron chi connectivity index (χ3n) is 2.24. The van der Waals surface area contributed by atoms with Gasteiger partial charge in [-0.15, -0.1) is 0 Å². The molecule has 9 heavy (non-hydrogen) atoms. The van der Waals surface area contributed by atoms with Crippen LogP contribution in [0.1, 0.15) is 12.8 Å². The molecule has 1 saturated carbocycles. The van der Waals surface area contributed by atoms with Gasteiger partial charge in [0.2, 0.25) is 0 Å². The lowest BCUT2D eigenvalue weighted by Crippen LogP contribution is -2.03. The molecule has 2 rings (SSSR count). The molecule has 0 N–H and O–H groups in total. The second-order valence-electron chi connectivity index (χ2n) is 2.82. The minimum absolute atomic E-state index is 0.773. The molecule has 0 spiro atoms. The monoisotopic (exact) mass is 119 g/mol. The third kappa shape index (κ3) is 0.787. The fraction of sp³-hybridized carbons (Fsp3) is 0.444. The molecule has 0 heteroatoms. The van der Waals surface area contributed by atoms with Crippen LogP contribution in [-0.4, -0.2) is 0 Å². The van der Waals surface area contributed by atoms with E-state index >= 15 is 0 Å². The Kier molecular flexibility index (Phi) is 1.11. The van der Waals surface area contributed by atoms with E-state index in [-0.39, 0.29) is 0 Å². The summed E-state index contributed by atoms with van der Waals surface area (Å²) in [5, 5.41) is 0. The first-order valence-corrected chi connectivity index (χ1v) is 3.65. The van der Waals surface area contributed by atoms with Crippen LogP contribution in [0.25, 0.3) is 0 Å². The lowest BCUT2D eigenvalue weighted by molar-refractivity contribution is 0.588. The predicted molar refractivity (Wildman–Crippen MR) is 38.8 cm³/mol. The van der Waals surface area contributed by atoms with Crippen LogP contribution in [0.4, 0.5) is 0 Å². The Hall–Kier alpha value is -0.650. The number of hydrogen-bond donors (Lipinski definition) is 0. The van der Waals surface area contributed by atoms with E-state index in [0.29, 0.717) is 0 Å². The largest absolute Gasteiger partial charge is 0.122 e. The van der Waals surface area contributed by atoms with E-state index in [1.807, 2.05) is 0 Å². The maximum Gasteiger partial charge on any atom is 0.122 e. The van der Waals surface area contributed by atoms with Crippen molar-refractivity contribution in [2.75, 3.05) is 0 Å². The highest BCUT2D eigenvalue weighted by molar-refractivity contribution is 5.19. The van der Waals surface area contributed by atoms with Crippen molar-refractivity contribution in [2.24, 2.45) is 11.8 Å². The Morgan fingerprint density at radius 1 is 1.22 bits per heavy atom. The van der Waals surface area contributed by atoms with Crippen LogP contribution < -0.4 is 0 Å². The van der Waals surface area contributed by atoms with Gasteiger partial charge in [0.1, 0.15) is 5.92 Å². The van der Waals surface area contributed by atoms with Gasteiger partial charge in [0.25, 0.3) is 0 Å². The standard InChI is InChI=1S/C9H11/c1-2-5-9-7-3-6-8(9)4-1/h1-2,4-6,8-9H,3,7H2/q+1. The molecular formula is C9H11+. The quantitative estimate of drug-likeness (QED) is 0.429. The van der Waals surface area contributed by atoms with Crippen LogP contribution in [0, 0.1) is 18.3 Å². The third-order valence-corrected chi connectivity index (χ3v) is 2.24. The molecule has 2 unspecified atom stereocenters. The second kappa shape index (κ2) is 1.94. The van der Waals surface area contributed by atoms with Crippen molar-refractivity contribution in [2.45, 2.75) is 12.8 Å². The van der Waals surface area contributed by atoms with E-state index in [1.165, 1.54) is 12.8 Å². The summed E-state index contributed by atoms with van der Waals surface area (Å²) in [5.41, 5.74) is 0. The van der Waals surface area contributed by atoms with Crippen LogP contribution >= 0.6 is 0 Å². The van der Waals surface area contributed by atoms with Crippen molar-refractivity contribution in [3.05, 3.63) is 30.7 Å². The molecule has 2 atom stereocenters. The Morgan fingerprint density at radius 2 is 2.11 bits per heavy atom. The van der Waals surface area contributed by atoms with Crippen molar-refractivity contribution in [3.63, 3.8) is 0 Å². The minimum Gasteiger partial charge on any atom is -0.0764 e. The molecule has 0 amide bonds. The highest BCUT2D eigenvalue weighted by Crippen LogP contribution is 2.34. The van der Waals surface area contributed by atoms with Crippen molar-refractivity contribution < 1.29 is 0 Å². The molecule has 0 heterocycles. The van der Waals surface area contributed by atoms with Gasteiger partial charge in [-0.05, 0) is 12.5 Å². The first-order chi connectivity index (χ1) is 4.47. The molecule has 2 aliphatic carbocycles. The van der Waals surface area contributed by atoms with Gasteiger partial charge in [-0.1, -0.05) is 18.2 Å². The molecule has 0 aliphatic heterocycles. The van der Waals surface area contributed by atoms with Gasteiger partial charge in [0.05, 0.1) is 12.8 Å². The number of fused-ring (bicyclic) bond motifs is 1. The average molecular weight is 119 g/mol. The molecule has 0 nitrogen and oxygen atoms in total. The Balaban J connectivity index is 2.18. The van der Waals surface area contributed by atoms with Gasteiger partial charge >= 0.3 is 0 Å². The van der Waals surface area contributed by atoms with Crippen LogP contribution in [0.2, 0.25) is 0 Å². The van der Waals surface area contributed by atoms with Crippen LogP contribution in [0.5, 0.6) is 0 Å². The van der Waals surface area contributed by atoms with E-state index in [4.69, 9.17) is 0 Å². The highest BCUT2D eigenvalue weighted by atomic mass is 14.3. The Labute approximate surface area is 56.3 Å². The molecular weight excluding hydrogens is 108 g/mol. The van der Waals surface area contributed by atoms with E-state index in [2.05, 4.69) is 30.7 Å². The first kappa shape index (κ1) is 5.16. The SMILES string of the molecule is C1=CC2[CH+]CCC2C=C1. The highest BCUT2D eigenvalue weighted by Gasteiger charge is 2.31. The van der Waals surface area contributed by atoms with Gasteiger partial charge in [-0.25, -0.2) is 0 Å². The van der Waals surface area contributed by atoms with Crippen molar-refractivity contribution >= 4 is 0 Å². The molecule has 0 bridgehead atoms. The molecule has 0 saturated heterocycles. The zero-order valence-corrected chi connectivity index (χ0v) is 5.46. The number of rotatable bonds is 0.